The Morgan fingerprint density at radius 1 is 1.18 bits per heavy atom. The Morgan fingerprint density at radius 3 is 2.06 bits per heavy atom. The molecule has 1 aromatic carbocycles. The Hall–Kier alpha value is -0.940. The Kier molecular flexibility index (Phi) is 4.86. The number of hydrogen-bond acceptors (Lipinski definition) is 2. The highest BCUT2D eigenvalue weighted by molar-refractivity contribution is 5.85. The van der Waals surface area contributed by atoms with Crippen LogP contribution in [0, 0.1) is 22.9 Å². The lowest BCUT2D eigenvalue weighted by Crippen LogP contribution is -2.27. The summed E-state index contributed by atoms with van der Waals surface area (Å²) in [6.07, 6.45) is 0. The lowest BCUT2D eigenvalue weighted by atomic mass is 9.82. The van der Waals surface area contributed by atoms with Gasteiger partial charge in [-0.05, 0) is 5.41 Å². The smallest absolute Gasteiger partial charge is 0.195 e. The third-order valence-corrected chi connectivity index (χ3v) is 2.42. The van der Waals surface area contributed by atoms with E-state index in [1.165, 1.54) is 0 Å². The quantitative estimate of drug-likeness (QED) is 0.769. The van der Waals surface area contributed by atoms with Crippen molar-refractivity contribution in [2.45, 2.75) is 26.8 Å². The van der Waals surface area contributed by atoms with Crippen LogP contribution in [0.25, 0.3) is 0 Å². The molecule has 0 spiro atoms. The first-order chi connectivity index (χ1) is 7.16. The summed E-state index contributed by atoms with van der Waals surface area (Å²) in [5.74, 6) is -5.15. The maximum Gasteiger partial charge on any atom is 0.195 e. The number of phenolic OH excluding ortho intramolecular Hbond substituents is 1. The number of aromatic hydroxyl groups is 1. The third-order valence-electron chi connectivity index (χ3n) is 2.42. The van der Waals surface area contributed by atoms with Gasteiger partial charge in [0.2, 0.25) is 0 Å². The summed E-state index contributed by atoms with van der Waals surface area (Å²) in [5, 5.41) is 9.40. The molecule has 1 rings (SSSR count). The van der Waals surface area contributed by atoms with Crippen LogP contribution >= 0.6 is 12.4 Å². The van der Waals surface area contributed by atoms with E-state index in [9.17, 15) is 18.3 Å². The van der Waals surface area contributed by atoms with Crippen molar-refractivity contribution < 1.29 is 18.3 Å². The van der Waals surface area contributed by atoms with Crippen molar-refractivity contribution >= 4 is 12.4 Å². The monoisotopic (exact) mass is 269 g/mol. The average molecular weight is 270 g/mol. The molecule has 6 heteroatoms. The Labute approximate surface area is 104 Å². The summed E-state index contributed by atoms with van der Waals surface area (Å²) in [7, 11) is 0. The van der Waals surface area contributed by atoms with Crippen LogP contribution in [0.4, 0.5) is 13.2 Å². The van der Waals surface area contributed by atoms with Gasteiger partial charge >= 0.3 is 0 Å². The minimum Gasteiger partial charge on any atom is -0.507 e. The van der Waals surface area contributed by atoms with E-state index in [0.29, 0.717) is 6.07 Å². The first kappa shape index (κ1) is 16.1. The molecular formula is C11H15ClF3NO. The minimum atomic E-state index is -1.62. The fourth-order valence-corrected chi connectivity index (χ4v) is 1.33. The number of rotatable bonds is 1. The molecule has 0 bridgehead atoms. The van der Waals surface area contributed by atoms with Gasteiger partial charge < -0.3 is 10.8 Å². The molecule has 3 N–H and O–H groups in total. The first-order valence-electron chi connectivity index (χ1n) is 4.78. The third kappa shape index (κ3) is 3.04. The summed E-state index contributed by atoms with van der Waals surface area (Å²) in [6.45, 7) is 5.12. The fourth-order valence-electron chi connectivity index (χ4n) is 1.33. The number of nitrogens with two attached hydrogens (primary N) is 1. The molecule has 98 valence electrons. The van der Waals surface area contributed by atoms with Gasteiger partial charge in [0.05, 0.1) is 5.56 Å². The summed E-state index contributed by atoms with van der Waals surface area (Å²) >= 11 is 0. The van der Waals surface area contributed by atoms with Gasteiger partial charge in [0.1, 0.15) is 5.75 Å². The lowest BCUT2D eigenvalue weighted by Gasteiger charge is -2.28. The largest absolute Gasteiger partial charge is 0.507 e. The Balaban J connectivity index is 0.00000256. The van der Waals surface area contributed by atoms with E-state index in [1.807, 2.05) is 0 Å². The molecular weight excluding hydrogens is 255 g/mol. The Morgan fingerprint density at radius 2 is 1.65 bits per heavy atom. The SMILES string of the molecule is CC(C)(C)[C@@H](N)c1c(O)cc(F)c(F)c1F.Cl. The zero-order chi connectivity index (χ0) is 12.7. The van der Waals surface area contributed by atoms with Crippen molar-refractivity contribution in [2.75, 3.05) is 0 Å². The summed E-state index contributed by atoms with van der Waals surface area (Å²) in [6, 6.07) is -0.401. The maximum absolute atomic E-state index is 13.4. The van der Waals surface area contributed by atoms with Crippen LogP contribution in [0.5, 0.6) is 5.75 Å². The van der Waals surface area contributed by atoms with Gasteiger partial charge in [-0.15, -0.1) is 12.4 Å². The van der Waals surface area contributed by atoms with Crippen LogP contribution in [-0.2, 0) is 0 Å². The number of hydrogen-bond donors (Lipinski definition) is 2. The van der Waals surface area contributed by atoms with Crippen LogP contribution in [0.3, 0.4) is 0 Å². The van der Waals surface area contributed by atoms with Gasteiger partial charge in [-0.25, -0.2) is 13.2 Å². The molecule has 0 aromatic heterocycles. The highest BCUT2D eigenvalue weighted by atomic mass is 35.5. The van der Waals surface area contributed by atoms with E-state index < -0.39 is 40.2 Å². The predicted octanol–water partition coefficient (Wildman–Crippen LogP) is 3.28. The first-order valence-corrected chi connectivity index (χ1v) is 4.78. The zero-order valence-electron chi connectivity index (χ0n) is 9.72. The van der Waals surface area contributed by atoms with Gasteiger partial charge in [-0.2, -0.15) is 0 Å². The summed E-state index contributed by atoms with van der Waals surface area (Å²) in [5.41, 5.74) is 4.73. The van der Waals surface area contributed by atoms with Gasteiger partial charge in [-0.3, -0.25) is 0 Å². The molecule has 2 nitrogen and oxygen atoms in total. The number of phenols is 1. The second-order valence-electron chi connectivity index (χ2n) is 4.76. The Bertz CT molecular complexity index is 418. The van der Waals surface area contributed by atoms with E-state index in [0.717, 1.165) is 0 Å². The van der Waals surface area contributed by atoms with Gasteiger partial charge in [0.15, 0.2) is 17.5 Å². The normalized spacial score (nSPS) is 13.1. The predicted molar refractivity (Wildman–Crippen MR) is 61.6 cm³/mol. The standard InChI is InChI=1S/C11H14F3NO.ClH/c1-11(2,3)10(15)7-6(16)4-5(12)8(13)9(7)14;/h4,10,16H,15H2,1-3H3;1H/t10-;/m0./s1. The number of halogens is 4. The van der Waals surface area contributed by atoms with Crippen LogP contribution < -0.4 is 5.73 Å². The van der Waals surface area contributed by atoms with Crippen LogP contribution in [-0.4, -0.2) is 5.11 Å². The molecule has 0 saturated carbocycles. The molecule has 17 heavy (non-hydrogen) atoms. The summed E-state index contributed by atoms with van der Waals surface area (Å²) < 4.78 is 39.2. The molecule has 0 fully saturated rings. The second kappa shape index (κ2) is 5.14. The van der Waals surface area contributed by atoms with Crippen molar-refractivity contribution in [1.82, 2.24) is 0 Å². The lowest BCUT2D eigenvalue weighted by molar-refractivity contribution is 0.301. The van der Waals surface area contributed by atoms with E-state index >= 15 is 0 Å². The zero-order valence-corrected chi connectivity index (χ0v) is 10.5. The van der Waals surface area contributed by atoms with Gasteiger partial charge in [-0.1, -0.05) is 20.8 Å². The van der Waals surface area contributed by atoms with Crippen molar-refractivity contribution in [3.63, 3.8) is 0 Å². The topological polar surface area (TPSA) is 46.2 Å². The van der Waals surface area contributed by atoms with Gasteiger partial charge in [0.25, 0.3) is 0 Å². The van der Waals surface area contributed by atoms with Gasteiger partial charge in [0, 0.05) is 12.1 Å². The van der Waals surface area contributed by atoms with Crippen LogP contribution in [0.1, 0.15) is 32.4 Å². The molecule has 0 heterocycles. The molecule has 1 aromatic rings. The highest BCUT2D eigenvalue weighted by Gasteiger charge is 2.30. The molecule has 0 aliphatic heterocycles. The molecule has 0 radical (unpaired) electrons. The van der Waals surface area contributed by atoms with E-state index in [-0.39, 0.29) is 12.4 Å². The van der Waals surface area contributed by atoms with E-state index in [1.54, 1.807) is 20.8 Å². The highest BCUT2D eigenvalue weighted by Crippen LogP contribution is 2.38. The fraction of sp³-hybridized carbons (Fsp3) is 0.455. The van der Waals surface area contributed by atoms with Crippen LogP contribution in [0.15, 0.2) is 6.07 Å². The average Bonchev–Trinajstić information content (AvgIpc) is 2.13. The van der Waals surface area contributed by atoms with Crippen molar-refractivity contribution in [3.05, 3.63) is 29.1 Å². The number of benzene rings is 1. The maximum atomic E-state index is 13.4. The molecule has 1 atom stereocenters. The van der Waals surface area contributed by atoms with Crippen molar-refractivity contribution in [2.24, 2.45) is 11.1 Å². The van der Waals surface area contributed by atoms with E-state index in [4.69, 9.17) is 5.73 Å². The van der Waals surface area contributed by atoms with Crippen molar-refractivity contribution in [3.8, 4) is 5.75 Å². The molecule has 0 unspecified atom stereocenters. The molecule has 0 aliphatic rings. The molecule has 0 aliphatic carbocycles. The molecule has 0 saturated heterocycles. The van der Waals surface area contributed by atoms with E-state index in [2.05, 4.69) is 0 Å². The summed E-state index contributed by atoms with van der Waals surface area (Å²) in [4.78, 5) is 0. The molecule has 0 amide bonds. The minimum absolute atomic E-state index is 0. The van der Waals surface area contributed by atoms with Crippen LogP contribution in [0.2, 0.25) is 0 Å². The van der Waals surface area contributed by atoms with Crippen molar-refractivity contribution in [1.29, 1.82) is 0 Å². The second-order valence-corrected chi connectivity index (χ2v) is 4.76.